The van der Waals surface area contributed by atoms with Gasteiger partial charge in [-0.1, -0.05) is 48.0 Å². The van der Waals surface area contributed by atoms with Crippen molar-refractivity contribution >= 4 is 42.7 Å². The summed E-state index contributed by atoms with van der Waals surface area (Å²) in [5, 5.41) is 3.19. The van der Waals surface area contributed by atoms with Crippen LogP contribution < -0.4 is 9.75 Å². The Bertz CT molecular complexity index is 1680. The average molecular weight is 567 g/mol. The Labute approximate surface area is 226 Å². The van der Waals surface area contributed by atoms with Crippen molar-refractivity contribution < 1.29 is 21.6 Å². The number of ether oxygens (including phenoxy) is 1. The summed E-state index contributed by atoms with van der Waals surface area (Å²) in [7, 11) is -7.02. The Hall–Kier alpha value is -3.66. The Kier molecular flexibility index (Phi) is 7.00. The molecule has 0 aliphatic carbocycles. The first-order chi connectivity index (χ1) is 18.2. The van der Waals surface area contributed by atoms with E-state index in [1.165, 1.54) is 48.5 Å². The highest BCUT2D eigenvalue weighted by Crippen LogP contribution is 2.38. The molecule has 194 valence electrons. The molecule has 5 rings (SSSR count). The molecule has 4 aromatic rings. The molecule has 0 fully saturated rings. The average Bonchev–Trinajstić information content (AvgIpc) is 3.37. The van der Waals surface area contributed by atoms with Gasteiger partial charge in [-0.3, -0.25) is 0 Å². The van der Waals surface area contributed by atoms with Crippen LogP contribution in [0.4, 0.5) is 5.69 Å². The molecular weight excluding hydrogens is 544 g/mol. The molecule has 1 aliphatic heterocycles. The first-order valence-electron chi connectivity index (χ1n) is 11.6. The molecule has 2 atom stereocenters. The lowest BCUT2D eigenvalue weighted by atomic mass is 10.1. The van der Waals surface area contributed by atoms with E-state index < -0.39 is 30.3 Å². The van der Waals surface area contributed by atoms with Gasteiger partial charge in [0.05, 0.1) is 28.3 Å². The number of benzene rings is 4. The van der Waals surface area contributed by atoms with E-state index in [9.17, 15) is 16.8 Å². The second-order valence-corrected chi connectivity index (χ2v) is 13.1. The van der Waals surface area contributed by atoms with Crippen LogP contribution in [-0.2, 0) is 19.7 Å². The lowest BCUT2D eigenvalue weighted by Crippen LogP contribution is -2.48. The summed E-state index contributed by atoms with van der Waals surface area (Å²) in [6, 6.07) is 28.8. The normalized spacial score (nSPS) is 17.7. The van der Waals surface area contributed by atoms with Gasteiger partial charge in [0.1, 0.15) is 11.0 Å². The third-order valence-electron chi connectivity index (χ3n) is 6.26. The van der Waals surface area contributed by atoms with Gasteiger partial charge in [0.2, 0.25) is 9.84 Å². The number of methoxy groups -OCH3 is 1. The van der Waals surface area contributed by atoms with E-state index in [4.69, 9.17) is 16.3 Å². The fourth-order valence-electron chi connectivity index (χ4n) is 4.38. The SMILES string of the molecule is COc1ccc(C2=NN(c3ccccc3)[C@@H](S(=O)(=O)c3ccc(Cl)cc3)[C@@H]2S(=O)(=O)c2ccccc2)cc1. The summed E-state index contributed by atoms with van der Waals surface area (Å²) in [5.41, 5.74) is 1.01. The molecule has 0 aromatic heterocycles. The molecule has 7 nitrogen and oxygen atoms in total. The number of nitrogens with zero attached hydrogens (tertiary/aromatic N) is 2. The second-order valence-electron chi connectivity index (χ2n) is 8.56. The van der Waals surface area contributed by atoms with Crippen LogP contribution in [0.1, 0.15) is 5.56 Å². The highest BCUT2D eigenvalue weighted by atomic mass is 35.5. The molecule has 1 aliphatic rings. The monoisotopic (exact) mass is 566 g/mol. The van der Waals surface area contributed by atoms with Gasteiger partial charge in [0, 0.05) is 5.02 Å². The molecule has 0 unspecified atom stereocenters. The van der Waals surface area contributed by atoms with E-state index in [1.807, 2.05) is 0 Å². The number of anilines is 1. The Balaban J connectivity index is 1.78. The predicted octanol–water partition coefficient (Wildman–Crippen LogP) is 5.22. The maximum absolute atomic E-state index is 14.3. The minimum Gasteiger partial charge on any atom is -0.497 e. The van der Waals surface area contributed by atoms with Crippen molar-refractivity contribution in [2.75, 3.05) is 12.1 Å². The number of rotatable bonds is 7. The summed E-state index contributed by atoms with van der Waals surface area (Å²) in [4.78, 5) is -0.0651. The largest absolute Gasteiger partial charge is 0.497 e. The van der Waals surface area contributed by atoms with Crippen molar-refractivity contribution in [3.63, 3.8) is 0 Å². The number of halogens is 1. The van der Waals surface area contributed by atoms with Gasteiger partial charge in [0.25, 0.3) is 0 Å². The van der Waals surface area contributed by atoms with E-state index in [-0.39, 0.29) is 15.5 Å². The zero-order chi connectivity index (χ0) is 26.9. The van der Waals surface area contributed by atoms with Crippen molar-refractivity contribution in [3.05, 3.63) is 120 Å². The van der Waals surface area contributed by atoms with Crippen LogP contribution in [0.15, 0.2) is 124 Å². The molecule has 10 heteroatoms. The van der Waals surface area contributed by atoms with E-state index in [0.717, 1.165) is 0 Å². The molecule has 0 amide bonds. The Morgan fingerprint density at radius 2 is 1.26 bits per heavy atom. The van der Waals surface area contributed by atoms with E-state index in [0.29, 0.717) is 22.0 Å². The molecule has 0 radical (unpaired) electrons. The number of para-hydroxylation sites is 1. The smallest absolute Gasteiger partial charge is 0.203 e. The van der Waals surface area contributed by atoms with E-state index >= 15 is 0 Å². The van der Waals surface area contributed by atoms with Gasteiger partial charge >= 0.3 is 0 Å². The van der Waals surface area contributed by atoms with Crippen molar-refractivity contribution in [1.29, 1.82) is 0 Å². The van der Waals surface area contributed by atoms with Gasteiger partial charge in [-0.25, -0.2) is 21.8 Å². The molecule has 4 aromatic carbocycles. The number of hydrogen-bond acceptors (Lipinski definition) is 7. The molecule has 0 spiro atoms. The molecule has 38 heavy (non-hydrogen) atoms. The summed E-state index contributed by atoms with van der Waals surface area (Å²) < 4.78 is 62.2. The highest BCUT2D eigenvalue weighted by Gasteiger charge is 2.54. The third-order valence-corrected chi connectivity index (χ3v) is 10.8. The van der Waals surface area contributed by atoms with Crippen molar-refractivity contribution in [3.8, 4) is 5.75 Å². The Morgan fingerprint density at radius 3 is 1.84 bits per heavy atom. The minimum atomic E-state index is -4.30. The molecule has 0 saturated carbocycles. The molecular formula is C28H23ClN2O5S2. The van der Waals surface area contributed by atoms with Crippen LogP contribution >= 0.6 is 11.6 Å². The number of hydrazone groups is 1. The van der Waals surface area contributed by atoms with Crippen LogP contribution in [0.5, 0.6) is 5.75 Å². The number of sulfone groups is 2. The maximum Gasteiger partial charge on any atom is 0.203 e. The topological polar surface area (TPSA) is 93.1 Å². The van der Waals surface area contributed by atoms with E-state index in [1.54, 1.807) is 72.8 Å². The first-order valence-corrected chi connectivity index (χ1v) is 15.1. The van der Waals surface area contributed by atoms with Gasteiger partial charge in [-0.05, 0) is 78.4 Å². The van der Waals surface area contributed by atoms with Crippen LogP contribution in [0, 0.1) is 0 Å². The predicted molar refractivity (Wildman–Crippen MR) is 148 cm³/mol. The first kappa shape index (κ1) is 26.0. The maximum atomic E-state index is 14.3. The van der Waals surface area contributed by atoms with Gasteiger partial charge in [0.15, 0.2) is 15.2 Å². The van der Waals surface area contributed by atoms with Crippen molar-refractivity contribution in [2.24, 2.45) is 5.10 Å². The molecule has 0 N–H and O–H groups in total. The number of hydrogen-bond donors (Lipinski definition) is 0. The molecule has 0 saturated heterocycles. The minimum absolute atomic E-state index is 0.00238. The molecule has 1 heterocycles. The van der Waals surface area contributed by atoms with Gasteiger partial charge < -0.3 is 4.74 Å². The highest BCUT2D eigenvalue weighted by molar-refractivity contribution is 7.96. The third kappa shape index (κ3) is 4.69. The summed E-state index contributed by atoms with van der Waals surface area (Å²) in [5.74, 6) is 0.570. The molecule has 0 bridgehead atoms. The summed E-state index contributed by atoms with van der Waals surface area (Å²) in [6.07, 6.45) is 0. The Morgan fingerprint density at radius 1 is 0.711 bits per heavy atom. The summed E-state index contributed by atoms with van der Waals surface area (Å²) in [6.45, 7) is 0. The van der Waals surface area contributed by atoms with Crippen LogP contribution in [0.25, 0.3) is 0 Å². The van der Waals surface area contributed by atoms with Crippen molar-refractivity contribution in [1.82, 2.24) is 0 Å². The fourth-order valence-corrected chi connectivity index (χ4v) is 8.79. The van der Waals surface area contributed by atoms with Crippen LogP contribution in [-0.4, -0.2) is 40.3 Å². The zero-order valence-electron chi connectivity index (χ0n) is 20.2. The lowest BCUT2D eigenvalue weighted by molar-refractivity contribution is 0.415. The lowest BCUT2D eigenvalue weighted by Gasteiger charge is -2.28. The summed E-state index contributed by atoms with van der Waals surface area (Å²) >= 11 is 6.02. The van der Waals surface area contributed by atoms with Crippen molar-refractivity contribution in [2.45, 2.75) is 20.4 Å². The van der Waals surface area contributed by atoms with Crippen LogP contribution in [0.3, 0.4) is 0 Å². The fraction of sp³-hybridized carbons (Fsp3) is 0.107. The standard InChI is InChI=1S/C28H23ClN2O5S2/c1-36-23-16-12-20(13-17-23)26-27(37(32,33)24-10-6-3-7-11-24)28(31(30-26)22-8-4-2-5-9-22)38(34,35)25-18-14-21(29)15-19-25/h2-19,27-28H,1H3/t27-,28+/m1/s1. The van der Waals surface area contributed by atoms with Gasteiger partial charge in [-0.2, -0.15) is 5.10 Å². The van der Waals surface area contributed by atoms with Gasteiger partial charge in [-0.15, -0.1) is 0 Å². The quantitative estimate of drug-likeness (QED) is 0.305. The zero-order valence-corrected chi connectivity index (χ0v) is 22.6. The van der Waals surface area contributed by atoms with E-state index in [2.05, 4.69) is 5.10 Å². The van der Waals surface area contributed by atoms with Crippen LogP contribution in [0.2, 0.25) is 5.02 Å². The second kappa shape index (κ2) is 10.2.